The number of nitrogens with zero attached hydrogens (tertiary/aromatic N) is 1. The molecule has 2 rings (SSSR count). The van der Waals surface area contributed by atoms with Gasteiger partial charge in [0.25, 0.3) is 0 Å². The lowest BCUT2D eigenvalue weighted by Crippen LogP contribution is -2.24. The van der Waals surface area contributed by atoms with Gasteiger partial charge in [-0.1, -0.05) is 48.0 Å². The van der Waals surface area contributed by atoms with Crippen molar-refractivity contribution < 1.29 is 0 Å². The minimum Gasteiger partial charge on any atom is -0.331 e. The smallest absolute Gasteiger partial charge is 0.191 e. The van der Waals surface area contributed by atoms with Gasteiger partial charge in [-0.3, -0.25) is 5.43 Å². The van der Waals surface area contributed by atoms with Crippen LogP contribution in [-0.4, -0.2) is 11.3 Å². The summed E-state index contributed by atoms with van der Waals surface area (Å²) in [6, 6.07) is 15.4. The highest BCUT2D eigenvalue weighted by atomic mass is 35.5. The topological polar surface area (TPSA) is 36.4 Å². The molecule has 0 heterocycles. The molecule has 3 nitrogen and oxygen atoms in total. The highest BCUT2D eigenvalue weighted by Gasteiger charge is 2.02. The molecule has 0 unspecified atom stereocenters. The molecule has 0 fully saturated rings. The van der Waals surface area contributed by atoms with Crippen LogP contribution in [0.5, 0.6) is 0 Å². The lowest BCUT2D eigenvalue weighted by molar-refractivity contribution is 1.05. The fourth-order valence-electron chi connectivity index (χ4n) is 1.60. The van der Waals surface area contributed by atoms with E-state index in [2.05, 4.69) is 15.8 Å². The molecule has 5 heteroatoms. The Morgan fingerprint density at radius 3 is 2.65 bits per heavy atom. The van der Waals surface area contributed by atoms with E-state index >= 15 is 0 Å². The van der Waals surface area contributed by atoms with Gasteiger partial charge in [-0.05, 0) is 42.4 Å². The van der Waals surface area contributed by atoms with Crippen molar-refractivity contribution in [3.05, 3.63) is 64.7 Å². The van der Waals surface area contributed by atoms with Crippen LogP contribution in [0.1, 0.15) is 11.1 Å². The minimum absolute atomic E-state index is 0.419. The van der Waals surface area contributed by atoms with E-state index in [4.69, 9.17) is 23.8 Å². The fourth-order valence-corrected chi connectivity index (χ4v) is 1.93. The molecule has 0 aliphatic rings. The third kappa shape index (κ3) is 4.05. The van der Waals surface area contributed by atoms with Gasteiger partial charge in [0.2, 0.25) is 0 Å². The van der Waals surface area contributed by atoms with Gasteiger partial charge in [0.1, 0.15) is 0 Å². The average Bonchev–Trinajstić information content (AvgIpc) is 2.45. The second-order valence-corrected chi connectivity index (χ2v) is 4.96. The number of hydrogen-bond donors (Lipinski definition) is 2. The Kier molecular flexibility index (Phi) is 5.09. The predicted molar refractivity (Wildman–Crippen MR) is 89.6 cm³/mol. The standard InChI is InChI=1S/C15H14ClN3S/c1-11-13(16)8-5-9-14(11)18-15(20)19-17-10-12-6-3-2-4-7-12/h2-10H,1H3,(H2,18,19,20)/b17-10+. The Hall–Kier alpha value is -1.91. The monoisotopic (exact) mass is 303 g/mol. The maximum absolute atomic E-state index is 6.05. The van der Waals surface area contributed by atoms with Crippen LogP contribution in [-0.2, 0) is 0 Å². The van der Waals surface area contributed by atoms with Crippen LogP contribution in [0.15, 0.2) is 53.6 Å². The SMILES string of the molecule is Cc1c(Cl)cccc1NC(=S)N/N=C/c1ccccc1. The third-order valence-corrected chi connectivity index (χ3v) is 3.30. The molecule has 0 saturated heterocycles. The van der Waals surface area contributed by atoms with Crippen molar-refractivity contribution in [1.29, 1.82) is 0 Å². The number of nitrogens with one attached hydrogen (secondary N) is 2. The van der Waals surface area contributed by atoms with Crippen molar-refractivity contribution in [1.82, 2.24) is 5.43 Å². The zero-order valence-corrected chi connectivity index (χ0v) is 12.5. The van der Waals surface area contributed by atoms with Gasteiger partial charge in [0.05, 0.1) is 6.21 Å². The summed E-state index contributed by atoms with van der Waals surface area (Å²) in [6.45, 7) is 1.93. The van der Waals surface area contributed by atoms with Crippen LogP contribution in [0.4, 0.5) is 5.69 Å². The van der Waals surface area contributed by atoms with Crippen LogP contribution >= 0.6 is 23.8 Å². The van der Waals surface area contributed by atoms with Crippen molar-refractivity contribution in [2.24, 2.45) is 5.10 Å². The largest absolute Gasteiger partial charge is 0.331 e. The van der Waals surface area contributed by atoms with Gasteiger partial charge in [-0.15, -0.1) is 0 Å². The van der Waals surface area contributed by atoms with E-state index in [1.165, 1.54) is 0 Å². The van der Waals surface area contributed by atoms with E-state index in [1.807, 2.05) is 55.5 Å². The van der Waals surface area contributed by atoms with E-state index in [0.29, 0.717) is 10.1 Å². The van der Waals surface area contributed by atoms with Crippen molar-refractivity contribution in [2.75, 3.05) is 5.32 Å². The summed E-state index contributed by atoms with van der Waals surface area (Å²) in [5, 5.41) is 8.26. The van der Waals surface area contributed by atoms with Gasteiger partial charge < -0.3 is 5.32 Å². The third-order valence-electron chi connectivity index (χ3n) is 2.70. The molecule has 2 aromatic carbocycles. The van der Waals surface area contributed by atoms with E-state index in [0.717, 1.165) is 16.8 Å². The van der Waals surface area contributed by atoms with E-state index in [-0.39, 0.29) is 0 Å². The molecule has 0 amide bonds. The Bertz CT molecular complexity index is 626. The zero-order chi connectivity index (χ0) is 14.4. The van der Waals surface area contributed by atoms with Crippen LogP contribution in [0.25, 0.3) is 0 Å². The Balaban J connectivity index is 1.93. The summed E-state index contributed by atoms with van der Waals surface area (Å²) >= 11 is 11.2. The van der Waals surface area contributed by atoms with Gasteiger partial charge in [-0.25, -0.2) is 0 Å². The molecule has 0 aliphatic heterocycles. The highest BCUT2D eigenvalue weighted by Crippen LogP contribution is 2.22. The number of hydrogen-bond acceptors (Lipinski definition) is 2. The molecule has 2 N–H and O–H groups in total. The normalized spacial score (nSPS) is 10.5. The second kappa shape index (κ2) is 7.03. The molecule has 0 radical (unpaired) electrons. The summed E-state index contributed by atoms with van der Waals surface area (Å²) < 4.78 is 0. The fraction of sp³-hybridized carbons (Fsp3) is 0.0667. The first kappa shape index (κ1) is 14.5. The number of anilines is 1. The average molecular weight is 304 g/mol. The summed E-state index contributed by atoms with van der Waals surface area (Å²) in [6.07, 6.45) is 1.71. The van der Waals surface area contributed by atoms with Gasteiger partial charge in [0, 0.05) is 10.7 Å². The summed E-state index contributed by atoms with van der Waals surface area (Å²) in [4.78, 5) is 0. The maximum atomic E-state index is 6.05. The number of halogens is 1. The van der Waals surface area contributed by atoms with Gasteiger partial charge in [-0.2, -0.15) is 5.10 Å². The lowest BCUT2D eigenvalue weighted by atomic mass is 10.2. The Morgan fingerprint density at radius 2 is 1.90 bits per heavy atom. The molecule has 0 spiro atoms. The molecular formula is C15H14ClN3S. The van der Waals surface area contributed by atoms with Gasteiger partial charge in [0.15, 0.2) is 5.11 Å². The van der Waals surface area contributed by atoms with Crippen LogP contribution in [0.2, 0.25) is 5.02 Å². The molecule has 20 heavy (non-hydrogen) atoms. The first-order valence-electron chi connectivity index (χ1n) is 6.07. The molecule has 0 bridgehead atoms. The van der Waals surface area contributed by atoms with Crippen molar-refractivity contribution in [3.63, 3.8) is 0 Å². The Morgan fingerprint density at radius 1 is 1.15 bits per heavy atom. The van der Waals surface area contributed by atoms with Crippen LogP contribution in [0.3, 0.4) is 0 Å². The second-order valence-electron chi connectivity index (χ2n) is 4.15. The number of hydrazone groups is 1. The van der Waals surface area contributed by atoms with Gasteiger partial charge >= 0.3 is 0 Å². The van der Waals surface area contributed by atoms with Crippen molar-refractivity contribution >= 4 is 40.8 Å². The first-order chi connectivity index (χ1) is 9.66. The molecule has 0 atom stereocenters. The summed E-state index contributed by atoms with van der Waals surface area (Å²) in [5.41, 5.74) is 5.59. The summed E-state index contributed by atoms with van der Waals surface area (Å²) in [5.74, 6) is 0. The van der Waals surface area contributed by atoms with Crippen molar-refractivity contribution in [3.8, 4) is 0 Å². The molecule has 102 valence electrons. The van der Waals surface area contributed by atoms with Crippen LogP contribution in [0, 0.1) is 6.92 Å². The Labute approximate surface area is 128 Å². The minimum atomic E-state index is 0.419. The number of rotatable bonds is 3. The molecular weight excluding hydrogens is 290 g/mol. The maximum Gasteiger partial charge on any atom is 0.191 e. The zero-order valence-electron chi connectivity index (χ0n) is 10.9. The highest BCUT2D eigenvalue weighted by molar-refractivity contribution is 7.80. The first-order valence-corrected chi connectivity index (χ1v) is 6.85. The van der Waals surface area contributed by atoms with Crippen molar-refractivity contribution in [2.45, 2.75) is 6.92 Å². The van der Waals surface area contributed by atoms with E-state index in [1.54, 1.807) is 6.21 Å². The molecule has 0 aliphatic carbocycles. The summed E-state index contributed by atoms with van der Waals surface area (Å²) in [7, 11) is 0. The van der Waals surface area contributed by atoms with E-state index in [9.17, 15) is 0 Å². The number of benzene rings is 2. The van der Waals surface area contributed by atoms with E-state index < -0.39 is 0 Å². The molecule has 0 aromatic heterocycles. The molecule has 0 saturated carbocycles. The number of thiocarbonyl (C=S) groups is 1. The lowest BCUT2D eigenvalue weighted by Gasteiger charge is -2.10. The predicted octanol–water partition coefficient (Wildman–Crippen LogP) is 3.97. The quantitative estimate of drug-likeness (QED) is 0.512. The van der Waals surface area contributed by atoms with Crippen LogP contribution < -0.4 is 10.7 Å². The molecule has 2 aromatic rings.